The van der Waals surface area contributed by atoms with E-state index in [1.807, 2.05) is 48.3 Å². The molecule has 1 aliphatic rings. The van der Waals surface area contributed by atoms with Crippen LogP contribution in [-0.2, 0) is 11.3 Å². The fraction of sp³-hybridized carbons (Fsp3) is 0.412. The fourth-order valence-corrected chi connectivity index (χ4v) is 3.44. The maximum Gasteiger partial charge on any atom is 0.308 e. The monoisotopic (exact) mass is 377 g/mol. The van der Waals surface area contributed by atoms with Crippen LogP contribution in [0.3, 0.4) is 0 Å². The topological polar surface area (TPSA) is 58.4 Å². The van der Waals surface area contributed by atoms with E-state index in [4.69, 9.17) is 0 Å². The number of piperidine rings is 1. The van der Waals surface area contributed by atoms with Crippen molar-refractivity contribution in [3.63, 3.8) is 0 Å². The number of rotatable bonds is 4. The Hall–Kier alpha value is -1.66. The molecule has 0 radical (unpaired) electrons. The molecular formula is C17H20BrN3O2. The van der Waals surface area contributed by atoms with E-state index in [9.17, 15) is 9.90 Å². The summed E-state index contributed by atoms with van der Waals surface area (Å²) in [6, 6.07) is 8.04. The number of nitrogens with zero attached hydrogens (tertiary/aromatic N) is 3. The maximum absolute atomic E-state index is 11.3. The molecular weight excluding hydrogens is 358 g/mol. The highest BCUT2D eigenvalue weighted by Crippen LogP contribution is 2.25. The molecule has 2 aromatic rings. The highest BCUT2D eigenvalue weighted by molar-refractivity contribution is 9.10. The predicted octanol–water partition coefficient (Wildman–Crippen LogP) is 3.32. The second kappa shape index (κ2) is 6.84. The lowest BCUT2D eigenvalue weighted by atomic mass is 9.90. The minimum Gasteiger partial charge on any atom is -0.481 e. The first-order valence-electron chi connectivity index (χ1n) is 7.81. The number of carbonyl (C=O) groups is 1. The Balaban J connectivity index is 1.71. The molecule has 0 spiro atoms. The van der Waals surface area contributed by atoms with Crippen LogP contribution in [0.15, 0.2) is 41.1 Å². The van der Waals surface area contributed by atoms with Crippen molar-refractivity contribution in [1.29, 1.82) is 0 Å². The summed E-state index contributed by atoms with van der Waals surface area (Å²) in [5.74, 6) is -0.960. The largest absolute Gasteiger partial charge is 0.481 e. The molecule has 0 saturated carbocycles. The van der Waals surface area contributed by atoms with Crippen molar-refractivity contribution >= 4 is 21.9 Å². The molecule has 122 valence electrons. The van der Waals surface area contributed by atoms with E-state index >= 15 is 0 Å². The lowest BCUT2D eigenvalue weighted by Crippen LogP contribution is -2.45. The average molecular weight is 378 g/mol. The first kappa shape index (κ1) is 16.2. The molecule has 1 aliphatic heterocycles. The van der Waals surface area contributed by atoms with Gasteiger partial charge in [0.1, 0.15) is 0 Å². The van der Waals surface area contributed by atoms with Gasteiger partial charge in [0, 0.05) is 28.8 Å². The van der Waals surface area contributed by atoms with Crippen molar-refractivity contribution in [2.45, 2.75) is 32.4 Å². The minimum absolute atomic E-state index is 0.0530. The van der Waals surface area contributed by atoms with E-state index in [1.54, 1.807) is 0 Å². The third-order valence-corrected chi connectivity index (χ3v) is 5.08. The Morgan fingerprint density at radius 2 is 2.13 bits per heavy atom. The van der Waals surface area contributed by atoms with Gasteiger partial charge >= 0.3 is 5.97 Å². The predicted molar refractivity (Wildman–Crippen MR) is 91.5 cm³/mol. The molecule has 0 amide bonds. The van der Waals surface area contributed by atoms with E-state index in [0.29, 0.717) is 0 Å². The van der Waals surface area contributed by atoms with E-state index < -0.39 is 5.97 Å². The molecule has 1 N–H and O–H groups in total. The summed E-state index contributed by atoms with van der Waals surface area (Å²) in [7, 11) is 0. The van der Waals surface area contributed by atoms with Crippen molar-refractivity contribution in [1.82, 2.24) is 14.7 Å². The van der Waals surface area contributed by atoms with Crippen LogP contribution in [-0.4, -0.2) is 38.3 Å². The number of carboxylic acid groups (broad SMARTS) is 1. The molecule has 3 rings (SSSR count). The number of aromatic nitrogens is 2. The van der Waals surface area contributed by atoms with Gasteiger partial charge in [-0.15, -0.1) is 0 Å². The molecule has 1 fully saturated rings. The van der Waals surface area contributed by atoms with Gasteiger partial charge in [-0.05, 0) is 50.6 Å². The summed E-state index contributed by atoms with van der Waals surface area (Å²) in [5.41, 5.74) is 2.11. The first-order chi connectivity index (χ1) is 11.0. The van der Waals surface area contributed by atoms with Crippen LogP contribution in [0.2, 0.25) is 0 Å². The zero-order valence-electron chi connectivity index (χ0n) is 13.0. The van der Waals surface area contributed by atoms with Gasteiger partial charge in [0.05, 0.1) is 17.8 Å². The number of likely N-dealkylation sites (tertiary alicyclic amines) is 1. The molecule has 23 heavy (non-hydrogen) atoms. The summed E-state index contributed by atoms with van der Waals surface area (Å²) in [5, 5.41) is 13.7. The average Bonchev–Trinajstić information content (AvgIpc) is 2.98. The van der Waals surface area contributed by atoms with Crippen LogP contribution in [0, 0.1) is 5.92 Å². The zero-order valence-corrected chi connectivity index (χ0v) is 14.6. The number of benzene rings is 1. The number of hydrogen-bond donors (Lipinski definition) is 1. The second-order valence-electron chi connectivity index (χ2n) is 6.07. The lowest BCUT2D eigenvalue weighted by Gasteiger charge is -2.37. The molecule has 5 nitrogen and oxygen atoms in total. The van der Waals surface area contributed by atoms with E-state index in [0.717, 1.165) is 41.7 Å². The molecule has 6 heteroatoms. The minimum atomic E-state index is -0.687. The normalized spacial score (nSPS) is 22.2. The molecule has 2 heterocycles. The lowest BCUT2D eigenvalue weighted by molar-refractivity contribution is -0.145. The smallest absolute Gasteiger partial charge is 0.308 e. The van der Waals surface area contributed by atoms with Gasteiger partial charge in [-0.2, -0.15) is 5.10 Å². The number of carboxylic acids is 1. The Labute approximate surface area is 144 Å². The molecule has 1 aromatic heterocycles. The third-order valence-electron chi connectivity index (χ3n) is 4.55. The highest BCUT2D eigenvalue weighted by Gasteiger charge is 2.32. The number of aliphatic carboxylic acids is 1. The van der Waals surface area contributed by atoms with Crippen LogP contribution < -0.4 is 0 Å². The second-order valence-corrected chi connectivity index (χ2v) is 6.98. The van der Waals surface area contributed by atoms with E-state index in [-0.39, 0.29) is 12.0 Å². The van der Waals surface area contributed by atoms with Crippen molar-refractivity contribution in [3.8, 4) is 5.69 Å². The molecule has 2 atom stereocenters. The Morgan fingerprint density at radius 1 is 1.39 bits per heavy atom. The fourth-order valence-electron chi connectivity index (χ4n) is 3.18. The molecule has 0 unspecified atom stereocenters. The zero-order chi connectivity index (χ0) is 16.4. The van der Waals surface area contributed by atoms with Gasteiger partial charge in [0.15, 0.2) is 0 Å². The van der Waals surface area contributed by atoms with Gasteiger partial charge in [-0.1, -0.05) is 15.9 Å². The SMILES string of the molecule is C[C@@H]1[C@H](C(=O)O)CCCN1Cc1cnn(-c2ccc(Br)cc2)c1. The Morgan fingerprint density at radius 3 is 2.83 bits per heavy atom. The summed E-state index contributed by atoms with van der Waals surface area (Å²) in [6.45, 7) is 3.69. The maximum atomic E-state index is 11.3. The molecule has 0 bridgehead atoms. The van der Waals surface area contributed by atoms with Gasteiger partial charge in [0.2, 0.25) is 0 Å². The summed E-state index contributed by atoms with van der Waals surface area (Å²) in [6.07, 6.45) is 5.58. The van der Waals surface area contributed by atoms with Crippen LogP contribution in [0.25, 0.3) is 5.69 Å². The number of halogens is 1. The summed E-state index contributed by atoms with van der Waals surface area (Å²) in [4.78, 5) is 13.6. The van der Waals surface area contributed by atoms with Crippen LogP contribution >= 0.6 is 15.9 Å². The summed E-state index contributed by atoms with van der Waals surface area (Å²) >= 11 is 3.43. The van der Waals surface area contributed by atoms with Crippen molar-refractivity contribution in [2.75, 3.05) is 6.54 Å². The highest BCUT2D eigenvalue weighted by atomic mass is 79.9. The van der Waals surface area contributed by atoms with Gasteiger partial charge in [-0.25, -0.2) is 4.68 Å². The molecule has 1 saturated heterocycles. The molecule has 1 aromatic carbocycles. The van der Waals surface area contributed by atoms with Crippen LogP contribution in [0.1, 0.15) is 25.3 Å². The van der Waals surface area contributed by atoms with Crippen molar-refractivity contribution in [3.05, 3.63) is 46.7 Å². The van der Waals surface area contributed by atoms with Gasteiger partial charge in [0.25, 0.3) is 0 Å². The van der Waals surface area contributed by atoms with Crippen LogP contribution in [0.4, 0.5) is 0 Å². The van der Waals surface area contributed by atoms with Crippen molar-refractivity contribution < 1.29 is 9.90 Å². The third kappa shape index (κ3) is 3.64. The number of hydrogen-bond acceptors (Lipinski definition) is 3. The Kier molecular flexibility index (Phi) is 4.82. The first-order valence-corrected chi connectivity index (χ1v) is 8.60. The quantitative estimate of drug-likeness (QED) is 0.887. The summed E-state index contributed by atoms with van der Waals surface area (Å²) < 4.78 is 2.89. The van der Waals surface area contributed by atoms with Crippen molar-refractivity contribution in [2.24, 2.45) is 5.92 Å². The van der Waals surface area contributed by atoms with E-state index in [2.05, 4.69) is 25.9 Å². The van der Waals surface area contributed by atoms with Crippen LogP contribution in [0.5, 0.6) is 0 Å². The Bertz CT molecular complexity index is 683. The molecule has 0 aliphatic carbocycles. The van der Waals surface area contributed by atoms with Gasteiger partial charge in [-0.3, -0.25) is 9.69 Å². The standard InChI is InChI=1S/C17H20BrN3O2/c1-12-16(17(22)23)3-2-8-20(12)10-13-9-19-21(11-13)15-6-4-14(18)5-7-15/h4-7,9,11-12,16H,2-3,8,10H2,1H3,(H,22,23)/t12-,16-/m1/s1. The van der Waals surface area contributed by atoms with Gasteiger partial charge < -0.3 is 5.11 Å². The van der Waals surface area contributed by atoms with E-state index in [1.165, 1.54) is 0 Å².